The molecule has 0 saturated carbocycles. The number of aliphatic imine (C=N–C) groups is 1. The summed E-state index contributed by atoms with van der Waals surface area (Å²) < 4.78 is 1.90. The molecule has 6 nitrogen and oxygen atoms in total. The van der Waals surface area contributed by atoms with Gasteiger partial charge in [0, 0.05) is 45.3 Å². The Bertz CT molecular complexity index is 940. The Kier molecular flexibility index (Phi) is 8.45. The van der Waals surface area contributed by atoms with Crippen LogP contribution in [0.4, 0.5) is 0 Å². The molecule has 1 fully saturated rings. The average molecular weight is 530 g/mol. The zero-order chi connectivity index (χ0) is 20.8. The van der Waals surface area contributed by atoms with Crippen LogP contribution in [0.25, 0.3) is 5.82 Å². The number of hydrogen-bond acceptors (Lipinski definition) is 3. The third kappa shape index (κ3) is 5.64. The van der Waals surface area contributed by atoms with Crippen LogP contribution in [0, 0.1) is 5.92 Å². The number of hydrogen-bond donors (Lipinski definition) is 1. The Balaban J connectivity index is 0.00000272. The lowest BCUT2D eigenvalue weighted by Gasteiger charge is -2.40. The number of rotatable bonds is 5. The van der Waals surface area contributed by atoms with Crippen molar-refractivity contribution in [2.75, 3.05) is 20.1 Å². The summed E-state index contributed by atoms with van der Waals surface area (Å²) in [5.74, 6) is 3.11. The van der Waals surface area contributed by atoms with Crippen LogP contribution in [0.5, 0.6) is 0 Å². The van der Waals surface area contributed by atoms with Gasteiger partial charge in [-0.3, -0.25) is 9.56 Å². The van der Waals surface area contributed by atoms with E-state index in [1.54, 1.807) is 12.5 Å². The van der Waals surface area contributed by atoms with Gasteiger partial charge >= 0.3 is 0 Å². The predicted molar refractivity (Wildman–Crippen MR) is 136 cm³/mol. The highest BCUT2D eigenvalue weighted by Gasteiger charge is 2.30. The Morgan fingerprint density at radius 3 is 2.68 bits per heavy atom. The van der Waals surface area contributed by atoms with Crippen LogP contribution in [-0.4, -0.2) is 45.5 Å². The molecule has 2 unspecified atom stereocenters. The Morgan fingerprint density at radius 1 is 1.19 bits per heavy atom. The summed E-state index contributed by atoms with van der Waals surface area (Å²) in [7, 11) is 1.87. The number of imidazole rings is 1. The van der Waals surface area contributed by atoms with E-state index in [1.165, 1.54) is 12.0 Å². The molecule has 1 aromatic carbocycles. The van der Waals surface area contributed by atoms with Gasteiger partial charge in [-0.2, -0.15) is 0 Å². The molecule has 1 saturated heterocycles. The maximum absolute atomic E-state index is 4.55. The van der Waals surface area contributed by atoms with Gasteiger partial charge in [0.05, 0.1) is 0 Å². The molecule has 3 heterocycles. The molecule has 1 N–H and O–H groups in total. The summed E-state index contributed by atoms with van der Waals surface area (Å²) in [6, 6.07) is 15.1. The number of guanidine groups is 1. The van der Waals surface area contributed by atoms with Crippen LogP contribution in [-0.2, 0) is 6.54 Å². The largest absolute Gasteiger partial charge is 0.352 e. The van der Waals surface area contributed by atoms with Crippen LogP contribution >= 0.6 is 24.0 Å². The normalized spacial score (nSPS) is 19.0. The lowest BCUT2D eigenvalue weighted by Crippen LogP contribution is -2.48. The summed E-state index contributed by atoms with van der Waals surface area (Å²) in [6.45, 7) is 5.06. The number of benzene rings is 1. The molecule has 0 bridgehead atoms. The minimum atomic E-state index is 0. The van der Waals surface area contributed by atoms with Gasteiger partial charge in [0.15, 0.2) is 5.96 Å². The van der Waals surface area contributed by atoms with Crippen molar-refractivity contribution in [3.63, 3.8) is 0 Å². The molecule has 0 radical (unpaired) electrons. The SMILES string of the molecule is CCC1CN(C(=NC)NCc2ccc(-n3ccnc3)nc2)CCC1c1ccccc1.I. The van der Waals surface area contributed by atoms with Crippen LogP contribution < -0.4 is 5.32 Å². The zero-order valence-electron chi connectivity index (χ0n) is 18.2. The van der Waals surface area contributed by atoms with Gasteiger partial charge in [-0.15, -0.1) is 24.0 Å². The molecule has 3 aromatic rings. The second-order valence-electron chi connectivity index (χ2n) is 7.82. The van der Waals surface area contributed by atoms with Crippen LogP contribution in [0.15, 0.2) is 72.4 Å². The number of pyridine rings is 1. The van der Waals surface area contributed by atoms with Crippen molar-refractivity contribution in [1.82, 2.24) is 24.8 Å². The smallest absolute Gasteiger partial charge is 0.193 e. The minimum absolute atomic E-state index is 0. The fourth-order valence-corrected chi connectivity index (χ4v) is 4.36. The van der Waals surface area contributed by atoms with Crippen LogP contribution in [0.3, 0.4) is 0 Å². The van der Waals surface area contributed by atoms with E-state index in [2.05, 4.69) is 68.5 Å². The molecule has 2 aromatic heterocycles. The van der Waals surface area contributed by atoms with Crippen molar-refractivity contribution in [2.24, 2.45) is 10.9 Å². The van der Waals surface area contributed by atoms with Gasteiger partial charge in [-0.25, -0.2) is 9.97 Å². The predicted octanol–water partition coefficient (Wildman–Crippen LogP) is 4.48. The lowest BCUT2D eigenvalue weighted by molar-refractivity contribution is 0.215. The standard InChI is InChI=1S/C24H30N6.HI/c1-3-20-17-29(13-11-22(20)21-7-5-4-6-8-21)24(25-2)28-16-19-9-10-23(27-15-19)30-14-12-26-18-30;/h4-10,12,14-15,18,20,22H,3,11,13,16-17H2,1-2H3,(H,25,28);1H. The van der Waals surface area contributed by atoms with E-state index in [0.29, 0.717) is 18.4 Å². The second-order valence-corrected chi connectivity index (χ2v) is 7.82. The summed E-state index contributed by atoms with van der Waals surface area (Å²) in [5.41, 5.74) is 2.60. The Hall–Kier alpha value is -2.42. The average Bonchev–Trinajstić information content (AvgIpc) is 3.35. The Labute approximate surface area is 201 Å². The number of nitrogens with one attached hydrogen (secondary N) is 1. The number of halogens is 1. The molecular formula is C24H31IN6. The maximum atomic E-state index is 4.55. The van der Waals surface area contributed by atoms with Gasteiger partial charge in [-0.1, -0.05) is 49.7 Å². The maximum Gasteiger partial charge on any atom is 0.193 e. The third-order valence-electron chi connectivity index (χ3n) is 6.03. The molecule has 1 aliphatic rings. The topological polar surface area (TPSA) is 58.3 Å². The summed E-state index contributed by atoms with van der Waals surface area (Å²) in [6.07, 6.45) is 9.64. The fraction of sp³-hybridized carbons (Fsp3) is 0.375. The first-order chi connectivity index (χ1) is 14.8. The van der Waals surface area contributed by atoms with E-state index in [4.69, 9.17) is 0 Å². The van der Waals surface area contributed by atoms with Crippen molar-refractivity contribution in [2.45, 2.75) is 32.2 Å². The van der Waals surface area contributed by atoms with Crippen molar-refractivity contribution < 1.29 is 0 Å². The van der Waals surface area contributed by atoms with E-state index in [0.717, 1.165) is 36.9 Å². The molecule has 0 aliphatic carbocycles. The van der Waals surface area contributed by atoms with E-state index < -0.39 is 0 Å². The molecule has 164 valence electrons. The summed E-state index contributed by atoms with van der Waals surface area (Å²) in [4.78, 5) is 15.6. The van der Waals surface area contributed by atoms with E-state index in [1.807, 2.05) is 30.1 Å². The molecule has 2 atom stereocenters. The first-order valence-electron chi connectivity index (χ1n) is 10.7. The third-order valence-corrected chi connectivity index (χ3v) is 6.03. The molecule has 7 heteroatoms. The monoisotopic (exact) mass is 530 g/mol. The van der Waals surface area contributed by atoms with Gasteiger partial charge < -0.3 is 10.2 Å². The van der Waals surface area contributed by atoms with Crippen LogP contribution in [0.2, 0.25) is 0 Å². The van der Waals surface area contributed by atoms with Gasteiger partial charge in [0.25, 0.3) is 0 Å². The molecular weight excluding hydrogens is 499 g/mol. The van der Waals surface area contributed by atoms with Crippen molar-refractivity contribution in [1.29, 1.82) is 0 Å². The molecule has 0 spiro atoms. The van der Waals surface area contributed by atoms with Gasteiger partial charge in [0.2, 0.25) is 0 Å². The van der Waals surface area contributed by atoms with Crippen LogP contribution in [0.1, 0.15) is 36.8 Å². The summed E-state index contributed by atoms with van der Waals surface area (Å²) in [5, 5.41) is 3.53. The van der Waals surface area contributed by atoms with Gasteiger partial charge in [0.1, 0.15) is 12.1 Å². The molecule has 4 rings (SSSR count). The highest BCUT2D eigenvalue weighted by atomic mass is 127. The first kappa shape index (κ1) is 23.2. The minimum Gasteiger partial charge on any atom is -0.352 e. The Morgan fingerprint density at radius 2 is 2.03 bits per heavy atom. The number of piperidine rings is 1. The van der Waals surface area contributed by atoms with E-state index >= 15 is 0 Å². The van der Waals surface area contributed by atoms with E-state index in [9.17, 15) is 0 Å². The van der Waals surface area contributed by atoms with Crippen molar-refractivity contribution in [3.05, 3.63) is 78.5 Å². The molecule has 31 heavy (non-hydrogen) atoms. The number of aromatic nitrogens is 3. The second kappa shape index (κ2) is 11.3. The first-order valence-corrected chi connectivity index (χ1v) is 10.7. The number of nitrogens with zero attached hydrogens (tertiary/aromatic N) is 5. The summed E-state index contributed by atoms with van der Waals surface area (Å²) >= 11 is 0. The van der Waals surface area contributed by atoms with Gasteiger partial charge in [-0.05, 0) is 35.4 Å². The fourth-order valence-electron chi connectivity index (χ4n) is 4.36. The lowest BCUT2D eigenvalue weighted by atomic mass is 9.79. The highest BCUT2D eigenvalue weighted by Crippen LogP contribution is 2.34. The molecule has 1 aliphatic heterocycles. The van der Waals surface area contributed by atoms with E-state index in [-0.39, 0.29) is 24.0 Å². The molecule has 0 amide bonds. The van der Waals surface area contributed by atoms with Crippen molar-refractivity contribution >= 4 is 29.9 Å². The van der Waals surface area contributed by atoms with Crippen molar-refractivity contribution in [3.8, 4) is 5.82 Å². The number of likely N-dealkylation sites (tertiary alicyclic amines) is 1. The highest BCUT2D eigenvalue weighted by molar-refractivity contribution is 14.0. The zero-order valence-corrected chi connectivity index (χ0v) is 20.5. The quantitative estimate of drug-likeness (QED) is 0.301.